The first-order chi connectivity index (χ1) is 10.7. The zero-order valence-corrected chi connectivity index (χ0v) is 13.5. The van der Waals surface area contributed by atoms with Gasteiger partial charge in [-0.25, -0.2) is 14.2 Å². The van der Waals surface area contributed by atoms with Crippen LogP contribution in [0, 0.1) is 5.92 Å². The Labute approximate surface area is 132 Å². The van der Waals surface area contributed by atoms with E-state index in [-0.39, 0.29) is 26.4 Å². The number of carbonyl (C=O) groups is 3. The minimum Gasteiger partial charge on any atom is -0.478 e. The van der Waals surface area contributed by atoms with E-state index < -0.39 is 42.7 Å². The Morgan fingerprint density at radius 3 is 2.17 bits per heavy atom. The van der Waals surface area contributed by atoms with E-state index in [0.717, 1.165) is 0 Å². The fourth-order valence-electron chi connectivity index (χ4n) is 1.80. The number of hydrogen-bond donors (Lipinski definition) is 3. The van der Waals surface area contributed by atoms with Gasteiger partial charge in [0.05, 0.1) is 25.4 Å². The van der Waals surface area contributed by atoms with Crippen LogP contribution < -0.4 is 5.32 Å². The molecule has 0 aromatic heterocycles. The molecule has 1 heterocycles. The lowest BCUT2D eigenvalue weighted by molar-refractivity contribution is -0.138. The second kappa shape index (κ2) is 8.21. The third-order valence-electron chi connectivity index (χ3n) is 2.74. The van der Waals surface area contributed by atoms with Crippen molar-refractivity contribution in [2.45, 2.75) is 13.8 Å². The quantitative estimate of drug-likeness (QED) is 0.186. The van der Waals surface area contributed by atoms with Crippen molar-refractivity contribution in [1.82, 2.24) is 5.32 Å². The lowest BCUT2D eigenvalue weighted by Gasteiger charge is -2.13. The number of aliphatic carboxylic acids is 2. The Morgan fingerprint density at radius 2 is 1.74 bits per heavy atom. The van der Waals surface area contributed by atoms with Gasteiger partial charge in [-0.2, -0.15) is 0 Å². The maximum Gasteiger partial charge on any atom is 0.475 e. The Hall–Kier alpha value is -1.74. The van der Waals surface area contributed by atoms with Gasteiger partial charge in [0.25, 0.3) is 5.91 Å². The molecule has 0 radical (unpaired) electrons. The molecule has 1 aliphatic heterocycles. The average molecular weight is 351 g/mol. The van der Waals surface area contributed by atoms with Gasteiger partial charge in [-0.3, -0.25) is 18.4 Å². The predicted octanol–water partition coefficient (Wildman–Crippen LogP) is 0.396. The highest BCUT2D eigenvalue weighted by atomic mass is 31.2. The highest BCUT2D eigenvalue weighted by Crippen LogP contribution is 2.52. The zero-order valence-electron chi connectivity index (χ0n) is 12.6. The molecular weight excluding hydrogens is 333 g/mol. The number of hydrogen-bond acceptors (Lipinski definition) is 7. The van der Waals surface area contributed by atoms with Gasteiger partial charge in [-0.05, 0) is 5.92 Å². The zero-order chi connectivity index (χ0) is 17.6. The minimum absolute atomic E-state index is 0.131. The third kappa shape index (κ3) is 5.43. The molecule has 0 saturated carbocycles. The summed E-state index contributed by atoms with van der Waals surface area (Å²) in [5.41, 5.74) is -1.36. The monoisotopic (exact) mass is 351 g/mol. The van der Waals surface area contributed by atoms with Crippen LogP contribution in [0.2, 0.25) is 0 Å². The summed E-state index contributed by atoms with van der Waals surface area (Å²) in [4.78, 5) is 34.2. The van der Waals surface area contributed by atoms with Crippen molar-refractivity contribution < 1.29 is 42.7 Å². The van der Waals surface area contributed by atoms with Gasteiger partial charge in [-0.15, -0.1) is 0 Å². The highest BCUT2D eigenvalue weighted by molar-refractivity contribution is 7.48. The van der Waals surface area contributed by atoms with Crippen molar-refractivity contribution in [1.29, 1.82) is 0 Å². The molecule has 1 amide bonds. The van der Waals surface area contributed by atoms with E-state index in [2.05, 4.69) is 5.32 Å². The topological polar surface area (TPSA) is 148 Å². The molecule has 10 nitrogen and oxygen atoms in total. The van der Waals surface area contributed by atoms with Gasteiger partial charge in [0.2, 0.25) is 0 Å². The molecule has 3 N–H and O–H groups in total. The number of nitrogens with one attached hydrogen (secondary N) is 1. The highest BCUT2D eigenvalue weighted by Gasteiger charge is 2.32. The Balaban J connectivity index is 2.69. The van der Waals surface area contributed by atoms with Crippen molar-refractivity contribution in [3.8, 4) is 0 Å². The Bertz CT molecular complexity index is 559. The predicted molar refractivity (Wildman–Crippen MR) is 75.6 cm³/mol. The fraction of sp³-hybridized carbons (Fsp3) is 0.583. The maximum atomic E-state index is 11.9. The summed E-state index contributed by atoms with van der Waals surface area (Å²) in [6.07, 6.45) is 0. The molecule has 0 unspecified atom stereocenters. The summed E-state index contributed by atoms with van der Waals surface area (Å²) < 4.78 is 26.0. The molecule has 1 rings (SSSR count). The van der Waals surface area contributed by atoms with Crippen LogP contribution in [0.4, 0.5) is 0 Å². The Morgan fingerprint density at radius 1 is 1.17 bits per heavy atom. The molecule has 23 heavy (non-hydrogen) atoms. The molecule has 0 aromatic carbocycles. The summed E-state index contributed by atoms with van der Waals surface area (Å²) in [6.45, 7) is 2.74. The van der Waals surface area contributed by atoms with Crippen LogP contribution in [0.15, 0.2) is 11.1 Å². The maximum absolute atomic E-state index is 11.9. The molecule has 0 bridgehead atoms. The van der Waals surface area contributed by atoms with Crippen molar-refractivity contribution in [3.63, 3.8) is 0 Å². The van der Waals surface area contributed by atoms with Crippen LogP contribution in [-0.2, 0) is 32.5 Å². The van der Waals surface area contributed by atoms with Crippen LogP contribution >= 0.6 is 7.82 Å². The molecule has 0 aromatic rings. The fourth-order valence-corrected chi connectivity index (χ4v) is 2.93. The standard InChI is InChI=1S/C12H18NO9P/c1-7(2)8(11(15)16)9(12(17)18)10(14)13-3-4-20-23(19)21-5-6-22-23/h7H,3-6H2,1-2H3,(H,13,14)(H,15,16)(H,17,18). The second-order valence-electron chi connectivity index (χ2n) is 4.76. The molecule has 1 aliphatic rings. The first-order valence-corrected chi connectivity index (χ1v) is 8.16. The number of phosphoric ester groups is 1. The molecule has 0 aliphatic carbocycles. The van der Waals surface area contributed by atoms with E-state index in [1.807, 2.05) is 0 Å². The molecule has 1 saturated heterocycles. The van der Waals surface area contributed by atoms with E-state index in [1.54, 1.807) is 0 Å². The number of carboxylic acids is 2. The molecule has 130 valence electrons. The summed E-state index contributed by atoms with van der Waals surface area (Å²) >= 11 is 0. The van der Waals surface area contributed by atoms with E-state index >= 15 is 0 Å². The lowest BCUT2D eigenvalue weighted by atomic mass is 9.96. The average Bonchev–Trinajstić information content (AvgIpc) is 2.86. The molecular formula is C12H18NO9P. The van der Waals surface area contributed by atoms with Crippen LogP contribution in [0.5, 0.6) is 0 Å². The van der Waals surface area contributed by atoms with Crippen LogP contribution in [0.1, 0.15) is 13.8 Å². The second-order valence-corrected chi connectivity index (χ2v) is 6.43. The number of carboxylic acid groups (broad SMARTS) is 2. The molecule has 11 heteroatoms. The summed E-state index contributed by atoms with van der Waals surface area (Å²) in [5, 5.41) is 20.3. The summed E-state index contributed by atoms with van der Waals surface area (Å²) in [5.74, 6) is -4.87. The van der Waals surface area contributed by atoms with Gasteiger partial charge >= 0.3 is 19.8 Å². The van der Waals surface area contributed by atoms with Crippen LogP contribution in [-0.4, -0.2) is 54.4 Å². The normalized spacial score (nSPS) is 17.7. The number of amides is 1. The summed E-state index contributed by atoms with van der Waals surface area (Å²) in [7, 11) is -3.60. The van der Waals surface area contributed by atoms with Crippen LogP contribution in [0.3, 0.4) is 0 Å². The number of phosphoric acid groups is 1. The Kier molecular flexibility index (Phi) is 6.89. The van der Waals surface area contributed by atoms with E-state index in [9.17, 15) is 18.9 Å². The third-order valence-corrected chi connectivity index (χ3v) is 4.23. The van der Waals surface area contributed by atoms with Crippen molar-refractivity contribution in [3.05, 3.63) is 11.1 Å². The first kappa shape index (κ1) is 19.3. The minimum atomic E-state index is -3.60. The van der Waals surface area contributed by atoms with Crippen LogP contribution in [0.25, 0.3) is 0 Å². The smallest absolute Gasteiger partial charge is 0.475 e. The van der Waals surface area contributed by atoms with Gasteiger partial charge < -0.3 is 15.5 Å². The first-order valence-electron chi connectivity index (χ1n) is 6.70. The largest absolute Gasteiger partial charge is 0.478 e. The van der Waals surface area contributed by atoms with Gasteiger partial charge in [-0.1, -0.05) is 13.8 Å². The molecule has 0 atom stereocenters. The number of carbonyl (C=O) groups excluding carboxylic acids is 1. The van der Waals surface area contributed by atoms with Crippen molar-refractivity contribution in [2.75, 3.05) is 26.4 Å². The van der Waals surface area contributed by atoms with Gasteiger partial charge in [0.15, 0.2) is 0 Å². The van der Waals surface area contributed by atoms with E-state index in [1.165, 1.54) is 13.8 Å². The summed E-state index contributed by atoms with van der Waals surface area (Å²) in [6, 6.07) is 0. The van der Waals surface area contributed by atoms with Crippen molar-refractivity contribution in [2.24, 2.45) is 5.92 Å². The molecule has 1 fully saturated rings. The SMILES string of the molecule is CC(C)C(C(=O)O)=C(C(=O)O)C(=O)NCCOP1(=O)OCCO1. The lowest BCUT2D eigenvalue weighted by Crippen LogP contribution is -2.33. The van der Waals surface area contributed by atoms with E-state index in [0.29, 0.717) is 0 Å². The number of rotatable bonds is 8. The van der Waals surface area contributed by atoms with E-state index in [4.69, 9.17) is 23.8 Å². The van der Waals surface area contributed by atoms with Gasteiger partial charge in [0.1, 0.15) is 5.57 Å². The van der Waals surface area contributed by atoms with Gasteiger partial charge in [0, 0.05) is 6.54 Å². The van der Waals surface area contributed by atoms with Crippen molar-refractivity contribution >= 4 is 25.7 Å². The molecule has 0 spiro atoms.